The summed E-state index contributed by atoms with van der Waals surface area (Å²) in [5.74, 6) is 0. The van der Waals surface area contributed by atoms with E-state index >= 15 is 0 Å². The van der Waals surface area contributed by atoms with Gasteiger partial charge < -0.3 is 5.73 Å². The van der Waals surface area contributed by atoms with Gasteiger partial charge >= 0.3 is 0 Å². The Morgan fingerprint density at radius 3 is 1.67 bits per heavy atom. The Balaban J connectivity index is 0.000000180. The lowest BCUT2D eigenvalue weighted by Crippen LogP contribution is -1.83. The molecule has 0 heterocycles. The number of aryl methyl sites for hydroxylation is 1. The smallest absolute Gasteiger partial charge is 0.0636 e. The van der Waals surface area contributed by atoms with Gasteiger partial charge in [-0.25, -0.2) is 0 Å². The fourth-order valence-corrected chi connectivity index (χ4v) is 1.77. The third-order valence-corrected chi connectivity index (χ3v) is 3.32. The standard InChI is InChI=1S/C7H6Cl2.C6H5Cl2N/c1-5-4-6(8)2-3-7(5)9;7-4-1-2-5(8)6(9)3-4/h2-4H,1H3;1-3H,9H2. The molecule has 0 aliphatic heterocycles. The molecule has 0 unspecified atom stereocenters. The minimum absolute atomic E-state index is 0.518. The molecule has 18 heavy (non-hydrogen) atoms. The van der Waals surface area contributed by atoms with E-state index in [1.165, 1.54) is 0 Å². The van der Waals surface area contributed by atoms with E-state index in [9.17, 15) is 0 Å². The van der Waals surface area contributed by atoms with Crippen molar-refractivity contribution in [2.75, 3.05) is 5.73 Å². The van der Waals surface area contributed by atoms with E-state index in [2.05, 4.69) is 0 Å². The molecule has 0 bridgehead atoms. The van der Waals surface area contributed by atoms with Gasteiger partial charge in [0.25, 0.3) is 0 Å². The van der Waals surface area contributed by atoms with Crippen LogP contribution < -0.4 is 5.73 Å². The first-order valence-corrected chi connectivity index (χ1v) is 6.53. The molecule has 0 atom stereocenters. The van der Waals surface area contributed by atoms with E-state index in [-0.39, 0.29) is 0 Å². The summed E-state index contributed by atoms with van der Waals surface area (Å²) >= 11 is 22.6. The fraction of sp³-hybridized carbons (Fsp3) is 0.0769. The van der Waals surface area contributed by atoms with E-state index in [4.69, 9.17) is 52.1 Å². The maximum atomic E-state index is 5.72. The van der Waals surface area contributed by atoms with Crippen molar-refractivity contribution in [2.45, 2.75) is 6.92 Å². The zero-order valence-corrected chi connectivity index (χ0v) is 12.6. The van der Waals surface area contributed by atoms with E-state index < -0.39 is 0 Å². The van der Waals surface area contributed by atoms with Gasteiger partial charge in [0.15, 0.2) is 0 Å². The van der Waals surface area contributed by atoms with Crippen molar-refractivity contribution in [3.8, 4) is 0 Å². The summed E-state index contributed by atoms with van der Waals surface area (Å²) in [7, 11) is 0. The van der Waals surface area contributed by atoms with E-state index in [1.54, 1.807) is 30.3 Å². The van der Waals surface area contributed by atoms with Crippen LogP contribution in [0.2, 0.25) is 20.1 Å². The molecule has 2 rings (SSSR count). The van der Waals surface area contributed by atoms with Gasteiger partial charge in [-0.1, -0.05) is 46.4 Å². The number of nitrogen functional groups attached to an aromatic ring is 1. The van der Waals surface area contributed by atoms with Gasteiger partial charge in [-0.05, 0) is 48.9 Å². The Morgan fingerprint density at radius 1 is 0.778 bits per heavy atom. The highest BCUT2D eigenvalue weighted by Gasteiger charge is 1.93. The molecule has 0 spiro atoms. The molecule has 2 aromatic rings. The molecule has 5 heteroatoms. The zero-order chi connectivity index (χ0) is 13.7. The van der Waals surface area contributed by atoms with Gasteiger partial charge in [0.2, 0.25) is 0 Å². The van der Waals surface area contributed by atoms with E-state index in [0.717, 1.165) is 15.6 Å². The van der Waals surface area contributed by atoms with Gasteiger partial charge in [-0.15, -0.1) is 0 Å². The number of anilines is 1. The van der Waals surface area contributed by atoms with Crippen molar-refractivity contribution >= 4 is 52.1 Å². The molecular weight excluding hydrogens is 312 g/mol. The molecule has 0 fully saturated rings. The van der Waals surface area contributed by atoms with Gasteiger partial charge in [-0.2, -0.15) is 0 Å². The minimum atomic E-state index is 0.518. The maximum Gasteiger partial charge on any atom is 0.0636 e. The quantitative estimate of drug-likeness (QED) is 0.602. The van der Waals surface area contributed by atoms with Crippen LogP contribution in [0.4, 0.5) is 5.69 Å². The second-order valence-electron chi connectivity index (χ2n) is 3.56. The fourth-order valence-electron chi connectivity index (χ4n) is 1.12. The zero-order valence-electron chi connectivity index (χ0n) is 9.55. The monoisotopic (exact) mass is 321 g/mol. The first-order chi connectivity index (χ1) is 8.40. The highest BCUT2D eigenvalue weighted by atomic mass is 35.5. The average molecular weight is 323 g/mol. The number of rotatable bonds is 0. The lowest BCUT2D eigenvalue weighted by Gasteiger charge is -1.95. The summed E-state index contributed by atoms with van der Waals surface area (Å²) in [5, 5.41) is 2.65. The topological polar surface area (TPSA) is 26.0 Å². The first kappa shape index (κ1) is 15.5. The third-order valence-electron chi connectivity index (χ3n) is 2.08. The molecule has 0 aliphatic rings. The Morgan fingerprint density at radius 2 is 1.28 bits per heavy atom. The first-order valence-electron chi connectivity index (χ1n) is 5.02. The summed E-state index contributed by atoms with van der Waals surface area (Å²) in [6.45, 7) is 1.92. The number of nitrogens with two attached hydrogens (primary N) is 1. The minimum Gasteiger partial charge on any atom is -0.397 e. The van der Waals surface area contributed by atoms with E-state index in [1.807, 2.05) is 13.0 Å². The molecule has 2 N–H and O–H groups in total. The van der Waals surface area contributed by atoms with E-state index in [0.29, 0.717) is 15.7 Å². The molecule has 0 aliphatic carbocycles. The largest absolute Gasteiger partial charge is 0.397 e. The summed E-state index contributed by atoms with van der Waals surface area (Å²) in [6.07, 6.45) is 0. The van der Waals surface area contributed by atoms with Crippen LogP contribution in [0.25, 0.3) is 0 Å². The molecule has 0 amide bonds. The third kappa shape index (κ3) is 4.95. The second kappa shape index (κ2) is 7.10. The Hall–Kier alpha value is -0.600. The predicted molar refractivity (Wildman–Crippen MR) is 82.1 cm³/mol. The van der Waals surface area contributed by atoms with Crippen molar-refractivity contribution in [2.24, 2.45) is 0 Å². The molecule has 0 aromatic heterocycles. The Kier molecular flexibility index (Phi) is 6.10. The van der Waals surface area contributed by atoms with Crippen LogP contribution in [-0.2, 0) is 0 Å². The van der Waals surface area contributed by atoms with Crippen molar-refractivity contribution in [3.05, 3.63) is 62.1 Å². The van der Waals surface area contributed by atoms with Crippen LogP contribution in [0.5, 0.6) is 0 Å². The van der Waals surface area contributed by atoms with Crippen LogP contribution in [-0.4, -0.2) is 0 Å². The summed E-state index contributed by atoms with van der Waals surface area (Å²) < 4.78 is 0. The molecule has 0 radical (unpaired) electrons. The van der Waals surface area contributed by atoms with Crippen molar-refractivity contribution in [3.63, 3.8) is 0 Å². The van der Waals surface area contributed by atoms with Crippen molar-refractivity contribution in [1.29, 1.82) is 0 Å². The van der Waals surface area contributed by atoms with Crippen LogP contribution in [0.3, 0.4) is 0 Å². The van der Waals surface area contributed by atoms with Gasteiger partial charge in [-0.3, -0.25) is 0 Å². The molecule has 0 saturated carbocycles. The normalized spacial score (nSPS) is 9.61. The van der Waals surface area contributed by atoms with Gasteiger partial charge in [0.05, 0.1) is 10.7 Å². The summed E-state index contributed by atoms with van der Waals surface area (Å²) in [4.78, 5) is 0. The number of halogens is 4. The average Bonchev–Trinajstić information content (AvgIpc) is 2.30. The summed E-state index contributed by atoms with van der Waals surface area (Å²) in [6, 6.07) is 10.4. The molecule has 2 aromatic carbocycles. The molecule has 1 nitrogen and oxygen atoms in total. The highest BCUT2D eigenvalue weighted by molar-refractivity contribution is 6.35. The van der Waals surface area contributed by atoms with Crippen LogP contribution in [0, 0.1) is 6.92 Å². The SMILES string of the molecule is Cc1cc(Cl)ccc1Cl.Nc1cc(Cl)ccc1Cl. The summed E-state index contributed by atoms with van der Waals surface area (Å²) in [5.41, 5.74) is 6.94. The van der Waals surface area contributed by atoms with Crippen molar-refractivity contribution < 1.29 is 0 Å². The number of hydrogen-bond donors (Lipinski definition) is 1. The Bertz CT molecular complexity index is 491. The maximum absolute atomic E-state index is 5.72. The molecule has 96 valence electrons. The van der Waals surface area contributed by atoms with Gasteiger partial charge in [0.1, 0.15) is 0 Å². The lowest BCUT2D eigenvalue weighted by molar-refractivity contribution is 1.47. The molecule has 0 saturated heterocycles. The van der Waals surface area contributed by atoms with Gasteiger partial charge in [0, 0.05) is 15.1 Å². The molecular formula is C13H11Cl4N. The Labute approximate surface area is 126 Å². The second-order valence-corrected chi connectivity index (χ2v) is 5.25. The number of hydrogen-bond acceptors (Lipinski definition) is 1. The van der Waals surface area contributed by atoms with Crippen LogP contribution in [0.15, 0.2) is 36.4 Å². The highest BCUT2D eigenvalue weighted by Crippen LogP contribution is 2.21. The number of benzene rings is 2. The lowest BCUT2D eigenvalue weighted by atomic mass is 10.2. The van der Waals surface area contributed by atoms with Crippen LogP contribution in [0.1, 0.15) is 5.56 Å². The predicted octanol–water partition coefficient (Wildman–Crippen LogP) is 5.88. The van der Waals surface area contributed by atoms with Crippen molar-refractivity contribution in [1.82, 2.24) is 0 Å². The van der Waals surface area contributed by atoms with Crippen LogP contribution >= 0.6 is 46.4 Å².